The van der Waals surface area contributed by atoms with E-state index in [2.05, 4.69) is 54.6 Å². The minimum absolute atomic E-state index is 0.294. The minimum Gasteiger partial charge on any atom is -0.380 e. The molecule has 0 amide bonds. The molecule has 1 nitrogen and oxygen atoms in total. The Hall–Kier alpha value is -1.60. The zero-order chi connectivity index (χ0) is 12.4. The Labute approximate surface area is 108 Å². The largest absolute Gasteiger partial charge is 0.380 e. The van der Waals surface area contributed by atoms with Gasteiger partial charge in [-0.05, 0) is 29.5 Å². The van der Waals surface area contributed by atoms with E-state index in [0.29, 0.717) is 12.0 Å². The van der Waals surface area contributed by atoms with E-state index in [1.54, 1.807) is 0 Å². The third kappa shape index (κ3) is 1.95. The van der Waals surface area contributed by atoms with Crippen LogP contribution in [-0.4, -0.2) is 13.2 Å². The minimum atomic E-state index is 0.294. The van der Waals surface area contributed by atoms with E-state index in [9.17, 15) is 0 Å². The lowest BCUT2D eigenvalue weighted by atomic mass is 9.77. The quantitative estimate of drug-likeness (QED) is 0.773. The van der Waals surface area contributed by atoms with Crippen molar-refractivity contribution in [1.29, 1.82) is 0 Å². The summed E-state index contributed by atoms with van der Waals surface area (Å²) in [5.74, 6) is 0.376. The molecule has 1 heteroatoms. The van der Waals surface area contributed by atoms with Gasteiger partial charge in [-0.3, -0.25) is 0 Å². The zero-order valence-electron chi connectivity index (χ0n) is 10.7. The summed E-state index contributed by atoms with van der Waals surface area (Å²) in [5, 5.41) is 0. The molecule has 0 spiro atoms. The van der Waals surface area contributed by atoms with Gasteiger partial charge < -0.3 is 4.74 Å². The lowest BCUT2D eigenvalue weighted by Crippen LogP contribution is -2.28. The Morgan fingerprint density at radius 1 is 0.944 bits per heavy atom. The molecule has 1 aliphatic rings. The van der Waals surface area contributed by atoms with Gasteiger partial charge >= 0.3 is 0 Å². The molecular formula is C17H18O. The average Bonchev–Trinajstić information content (AvgIpc) is 2.47. The number of fused-ring (bicyclic) bond motifs is 1. The van der Waals surface area contributed by atoms with Crippen LogP contribution in [-0.2, 0) is 11.2 Å². The Balaban J connectivity index is 2.09. The third-order valence-corrected chi connectivity index (χ3v) is 3.92. The van der Waals surface area contributed by atoms with E-state index in [0.717, 1.165) is 12.8 Å². The molecule has 0 aliphatic heterocycles. The predicted molar refractivity (Wildman–Crippen MR) is 73.8 cm³/mol. The van der Waals surface area contributed by atoms with Gasteiger partial charge in [-0.1, -0.05) is 54.6 Å². The molecule has 0 unspecified atom stereocenters. The van der Waals surface area contributed by atoms with Crippen molar-refractivity contribution >= 4 is 0 Å². The molecule has 18 heavy (non-hydrogen) atoms. The second-order valence-corrected chi connectivity index (χ2v) is 4.90. The molecule has 0 aromatic heterocycles. The van der Waals surface area contributed by atoms with Gasteiger partial charge in [-0.15, -0.1) is 0 Å². The summed E-state index contributed by atoms with van der Waals surface area (Å²) in [7, 11) is 1.83. The van der Waals surface area contributed by atoms with Crippen LogP contribution in [0.5, 0.6) is 0 Å². The third-order valence-electron chi connectivity index (χ3n) is 3.92. The fourth-order valence-corrected chi connectivity index (χ4v) is 3.04. The van der Waals surface area contributed by atoms with Crippen molar-refractivity contribution in [3.8, 4) is 0 Å². The average molecular weight is 238 g/mol. The van der Waals surface area contributed by atoms with Gasteiger partial charge in [0.1, 0.15) is 0 Å². The van der Waals surface area contributed by atoms with Crippen LogP contribution < -0.4 is 0 Å². The van der Waals surface area contributed by atoms with Crippen LogP contribution in [0, 0.1) is 0 Å². The van der Waals surface area contributed by atoms with Gasteiger partial charge in [0.05, 0.1) is 6.10 Å². The van der Waals surface area contributed by atoms with Gasteiger partial charge in [0, 0.05) is 13.0 Å². The van der Waals surface area contributed by atoms with Gasteiger partial charge in [0.25, 0.3) is 0 Å². The number of benzene rings is 2. The Morgan fingerprint density at radius 2 is 1.67 bits per heavy atom. The number of aryl methyl sites for hydroxylation is 1. The van der Waals surface area contributed by atoms with Crippen LogP contribution in [0.3, 0.4) is 0 Å². The first-order valence-electron chi connectivity index (χ1n) is 6.55. The highest BCUT2D eigenvalue weighted by atomic mass is 16.5. The van der Waals surface area contributed by atoms with Gasteiger partial charge in [-0.25, -0.2) is 0 Å². The summed E-state index contributed by atoms with van der Waals surface area (Å²) in [6, 6.07) is 19.5. The molecule has 0 saturated carbocycles. The first-order chi connectivity index (χ1) is 8.90. The predicted octanol–water partition coefficient (Wildman–Crippen LogP) is 3.78. The molecule has 0 fully saturated rings. The first-order valence-corrected chi connectivity index (χ1v) is 6.55. The molecule has 1 aliphatic carbocycles. The van der Waals surface area contributed by atoms with E-state index in [1.165, 1.54) is 16.7 Å². The molecule has 0 radical (unpaired) electrons. The standard InChI is InChI=1S/C17H18O/c1-18-16-12-11-13-7-5-6-10-15(13)17(16)14-8-3-2-4-9-14/h2-10,16-17H,11-12H2,1H3/t16-,17+/m1/s1. The summed E-state index contributed by atoms with van der Waals surface area (Å²) in [5.41, 5.74) is 4.26. The Bertz CT molecular complexity index is 518. The van der Waals surface area contributed by atoms with Crippen LogP contribution in [0.2, 0.25) is 0 Å². The van der Waals surface area contributed by atoms with E-state index in [1.807, 2.05) is 7.11 Å². The first kappa shape index (κ1) is 11.5. The highest BCUT2D eigenvalue weighted by molar-refractivity contribution is 5.41. The maximum atomic E-state index is 5.72. The van der Waals surface area contributed by atoms with Crippen molar-refractivity contribution in [1.82, 2.24) is 0 Å². The van der Waals surface area contributed by atoms with Gasteiger partial charge in [0.2, 0.25) is 0 Å². The molecule has 0 N–H and O–H groups in total. The number of methoxy groups -OCH3 is 1. The molecule has 0 heterocycles. The normalized spacial score (nSPS) is 22.5. The number of hydrogen-bond acceptors (Lipinski definition) is 1. The number of hydrogen-bond donors (Lipinski definition) is 0. The molecule has 2 atom stereocenters. The van der Waals surface area contributed by atoms with E-state index < -0.39 is 0 Å². The van der Waals surface area contributed by atoms with Crippen LogP contribution in [0.4, 0.5) is 0 Å². The maximum Gasteiger partial charge on any atom is 0.0683 e. The van der Waals surface area contributed by atoms with Crippen molar-refractivity contribution in [3.05, 3.63) is 71.3 Å². The van der Waals surface area contributed by atoms with Crippen molar-refractivity contribution in [3.63, 3.8) is 0 Å². The molecule has 0 bridgehead atoms. The molecule has 3 rings (SSSR count). The van der Waals surface area contributed by atoms with Crippen molar-refractivity contribution in [2.75, 3.05) is 7.11 Å². The number of rotatable bonds is 2. The lowest BCUT2D eigenvalue weighted by Gasteiger charge is -2.33. The topological polar surface area (TPSA) is 9.23 Å². The SMILES string of the molecule is CO[C@@H]1CCc2ccccc2[C@@H]1c1ccccc1. The Morgan fingerprint density at radius 3 is 2.44 bits per heavy atom. The lowest BCUT2D eigenvalue weighted by molar-refractivity contribution is 0.0767. The van der Waals surface area contributed by atoms with Gasteiger partial charge in [0.15, 0.2) is 0 Å². The summed E-state index contributed by atoms with van der Waals surface area (Å²) in [6.07, 6.45) is 2.52. The van der Waals surface area contributed by atoms with Crippen molar-refractivity contribution in [2.45, 2.75) is 24.9 Å². The van der Waals surface area contributed by atoms with E-state index in [-0.39, 0.29) is 0 Å². The highest BCUT2D eigenvalue weighted by Gasteiger charge is 2.30. The molecule has 2 aromatic carbocycles. The van der Waals surface area contributed by atoms with E-state index in [4.69, 9.17) is 4.74 Å². The zero-order valence-corrected chi connectivity index (χ0v) is 10.7. The summed E-state index contributed by atoms with van der Waals surface area (Å²) in [6.45, 7) is 0. The van der Waals surface area contributed by atoms with Crippen molar-refractivity contribution < 1.29 is 4.74 Å². The fraction of sp³-hybridized carbons (Fsp3) is 0.294. The van der Waals surface area contributed by atoms with Gasteiger partial charge in [-0.2, -0.15) is 0 Å². The summed E-state index contributed by atoms with van der Waals surface area (Å²) < 4.78 is 5.72. The second-order valence-electron chi connectivity index (χ2n) is 4.90. The van der Waals surface area contributed by atoms with Crippen molar-refractivity contribution in [2.24, 2.45) is 0 Å². The van der Waals surface area contributed by atoms with Crippen LogP contribution in [0.25, 0.3) is 0 Å². The second kappa shape index (κ2) is 4.95. The molecule has 92 valence electrons. The Kier molecular flexibility index (Phi) is 3.16. The number of ether oxygens (including phenoxy) is 1. The summed E-state index contributed by atoms with van der Waals surface area (Å²) in [4.78, 5) is 0. The molecule has 0 saturated heterocycles. The molecule has 2 aromatic rings. The van der Waals surface area contributed by atoms with E-state index >= 15 is 0 Å². The highest BCUT2D eigenvalue weighted by Crippen LogP contribution is 2.37. The smallest absolute Gasteiger partial charge is 0.0683 e. The summed E-state index contributed by atoms with van der Waals surface area (Å²) >= 11 is 0. The monoisotopic (exact) mass is 238 g/mol. The molecular weight excluding hydrogens is 220 g/mol. The van der Waals surface area contributed by atoms with Crippen LogP contribution in [0.1, 0.15) is 29.0 Å². The van der Waals surface area contributed by atoms with Crippen LogP contribution >= 0.6 is 0 Å². The van der Waals surface area contributed by atoms with Crippen LogP contribution in [0.15, 0.2) is 54.6 Å². The fourth-order valence-electron chi connectivity index (χ4n) is 3.04. The maximum absolute atomic E-state index is 5.72.